The molecule has 2 aromatic carbocycles. The molecule has 4 nitrogen and oxygen atoms in total. The first-order valence-corrected chi connectivity index (χ1v) is 6.55. The summed E-state index contributed by atoms with van der Waals surface area (Å²) in [5.74, 6) is 0.224. The molecule has 0 bridgehead atoms. The van der Waals surface area contributed by atoms with Gasteiger partial charge in [-0.1, -0.05) is 11.6 Å². The van der Waals surface area contributed by atoms with Crippen molar-refractivity contribution in [2.45, 2.75) is 6.92 Å². The number of methoxy groups -OCH3 is 1. The lowest BCUT2D eigenvalue weighted by Gasteiger charge is -2.12. The Morgan fingerprint density at radius 3 is 2.52 bits per heavy atom. The maximum atomic E-state index is 13.1. The minimum atomic E-state index is -0.504. The summed E-state index contributed by atoms with van der Waals surface area (Å²) in [7, 11) is 1.57. The van der Waals surface area contributed by atoms with Crippen molar-refractivity contribution >= 4 is 29.0 Å². The van der Waals surface area contributed by atoms with Gasteiger partial charge in [-0.15, -0.1) is 0 Å². The summed E-state index contributed by atoms with van der Waals surface area (Å²) in [6, 6.07) is 8.51. The van der Waals surface area contributed by atoms with E-state index < -0.39 is 11.8 Å². The standard InChI is InChI=1S/C15H14ClFN2O2/c1-9-7-11(21-2)4-6-13(9)18-15(20)19-14-8-10(17)3-5-12(14)16/h3-8H,1-2H3,(H2,18,19,20). The molecular formula is C15H14ClFN2O2. The smallest absolute Gasteiger partial charge is 0.323 e. The molecule has 0 saturated carbocycles. The normalized spacial score (nSPS) is 10.1. The number of benzene rings is 2. The van der Waals surface area contributed by atoms with Crippen molar-refractivity contribution in [2.24, 2.45) is 0 Å². The van der Waals surface area contributed by atoms with Gasteiger partial charge in [0.15, 0.2) is 0 Å². The van der Waals surface area contributed by atoms with Gasteiger partial charge >= 0.3 is 6.03 Å². The predicted molar refractivity (Wildman–Crippen MR) is 81.8 cm³/mol. The maximum absolute atomic E-state index is 13.1. The Hall–Kier alpha value is -2.27. The van der Waals surface area contributed by atoms with Crippen LogP contribution in [-0.4, -0.2) is 13.1 Å². The summed E-state index contributed by atoms with van der Waals surface area (Å²) in [4.78, 5) is 11.9. The minimum Gasteiger partial charge on any atom is -0.497 e. The third-order valence-corrected chi connectivity index (χ3v) is 3.19. The lowest BCUT2D eigenvalue weighted by molar-refractivity contribution is 0.262. The van der Waals surface area contributed by atoms with Gasteiger partial charge in [0.2, 0.25) is 0 Å². The van der Waals surface area contributed by atoms with E-state index in [2.05, 4.69) is 10.6 Å². The number of carbonyl (C=O) groups excluding carboxylic acids is 1. The number of urea groups is 1. The average Bonchev–Trinajstić information content (AvgIpc) is 2.45. The Bertz CT molecular complexity index is 677. The molecule has 6 heteroatoms. The van der Waals surface area contributed by atoms with Crippen LogP contribution < -0.4 is 15.4 Å². The molecule has 0 aliphatic rings. The third kappa shape index (κ3) is 3.86. The van der Waals surface area contributed by atoms with Crippen LogP contribution in [0.5, 0.6) is 5.75 Å². The van der Waals surface area contributed by atoms with Crippen LogP contribution in [0.15, 0.2) is 36.4 Å². The highest BCUT2D eigenvalue weighted by atomic mass is 35.5. The van der Waals surface area contributed by atoms with Crippen molar-refractivity contribution in [1.29, 1.82) is 0 Å². The highest BCUT2D eigenvalue weighted by molar-refractivity contribution is 6.33. The molecule has 0 unspecified atom stereocenters. The van der Waals surface area contributed by atoms with Crippen LogP contribution in [0, 0.1) is 12.7 Å². The van der Waals surface area contributed by atoms with Gasteiger partial charge in [0.1, 0.15) is 11.6 Å². The van der Waals surface area contributed by atoms with E-state index in [1.54, 1.807) is 25.3 Å². The molecule has 110 valence electrons. The van der Waals surface area contributed by atoms with Crippen molar-refractivity contribution in [1.82, 2.24) is 0 Å². The van der Waals surface area contributed by atoms with Crippen LogP contribution >= 0.6 is 11.6 Å². The Labute approximate surface area is 126 Å². The summed E-state index contributed by atoms with van der Waals surface area (Å²) in [5, 5.41) is 5.43. The number of hydrogen-bond donors (Lipinski definition) is 2. The molecule has 2 rings (SSSR count). The molecule has 2 N–H and O–H groups in total. The fraction of sp³-hybridized carbons (Fsp3) is 0.133. The van der Waals surface area contributed by atoms with Crippen LogP contribution in [0.1, 0.15) is 5.56 Å². The fourth-order valence-corrected chi connectivity index (χ4v) is 1.94. The van der Waals surface area contributed by atoms with Crippen molar-refractivity contribution in [3.05, 3.63) is 52.8 Å². The fourth-order valence-electron chi connectivity index (χ4n) is 1.77. The van der Waals surface area contributed by atoms with Crippen LogP contribution in [0.3, 0.4) is 0 Å². The first-order valence-electron chi connectivity index (χ1n) is 6.17. The van der Waals surface area contributed by atoms with Crippen LogP contribution in [0.2, 0.25) is 5.02 Å². The number of carbonyl (C=O) groups is 1. The zero-order valence-electron chi connectivity index (χ0n) is 11.5. The van der Waals surface area contributed by atoms with E-state index in [1.165, 1.54) is 12.1 Å². The molecule has 0 aromatic heterocycles. The molecular weight excluding hydrogens is 295 g/mol. The highest BCUT2D eigenvalue weighted by Crippen LogP contribution is 2.24. The molecule has 0 fully saturated rings. The van der Waals surface area contributed by atoms with Gasteiger partial charge in [0.25, 0.3) is 0 Å². The third-order valence-electron chi connectivity index (χ3n) is 2.86. The van der Waals surface area contributed by atoms with E-state index in [0.29, 0.717) is 11.4 Å². The molecule has 0 aliphatic carbocycles. The summed E-state index contributed by atoms with van der Waals surface area (Å²) in [6.45, 7) is 1.84. The zero-order chi connectivity index (χ0) is 15.4. The van der Waals surface area contributed by atoms with E-state index in [-0.39, 0.29) is 10.7 Å². The number of hydrogen-bond acceptors (Lipinski definition) is 2. The number of anilines is 2. The monoisotopic (exact) mass is 308 g/mol. The van der Waals surface area contributed by atoms with E-state index >= 15 is 0 Å². The summed E-state index contributed by atoms with van der Waals surface area (Å²) < 4.78 is 18.2. The van der Waals surface area contributed by atoms with E-state index in [1.807, 2.05) is 6.92 Å². The Kier molecular flexibility index (Phi) is 4.65. The lowest BCUT2D eigenvalue weighted by atomic mass is 10.2. The summed E-state index contributed by atoms with van der Waals surface area (Å²) in [6.07, 6.45) is 0. The second-order valence-corrected chi connectivity index (χ2v) is 4.79. The first-order chi connectivity index (χ1) is 9.99. The van der Waals surface area contributed by atoms with Gasteiger partial charge < -0.3 is 15.4 Å². The number of halogens is 2. The SMILES string of the molecule is COc1ccc(NC(=O)Nc2cc(F)ccc2Cl)c(C)c1. The molecule has 0 atom stereocenters. The van der Waals surface area contributed by atoms with Crippen LogP contribution in [0.4, 0.5) is 20.6 Å². The Morgan fingerprint density at radius 2 is 1.86 bits per heavy atom. The predicted octanol–water partition coefficient (Wildman–Crippen LogP) is 4.44. The molecule has 0 aliphatic heterocycles. The second-order valence-electron chi connectivity index (χ2n) is 4.38. The Balaban J connectivity index is 2.10. The van der Waals surface area contributed by atoms with Crippen molar-refractivity contribution < 1.29 is 13.9 Å². The first kappa shape index (κ1) is 15.1. The van der Waals surface area contributed by atoms with E-state index in [0.717, 1.165) is 11.6 Å². The van der Waals surface area contributed by atoms with Gasteiger partial charge in [0, 0.05) is 5.69 Å². The molecule has 2 aromatic rings. The summed E-state index contributed by atoms with van der Waals surface area (Å²) in [5.41, 5.74) is 1.68. The molecule has 2 amide bonds. The number of nitrogens with one attached hydrogen (secondary N) is 2. The molecule has 0 saturated heterocycles. The number of ether oxygens (including phenoxy) is 1. The molecule has 0 radical (unpaired) electrons. The zero-order valence-corrected chi connectivity index (χ0v) is 12.3. The van der Waals surface area contributed by atoms with E-state index in [4.69, 9.17) is 16.3 Å². The highest BCUT2D eigenvalue weighted by Gasteiger charge is 2.09. The Morgan fingerprint density at radius 1 is 1.14 bits per heavy atom. The van der Waals surface area contributed by atoms with Crippen molar-refractivity contribution in [3.63, 3.8) is 0 Å². The number of rotatable bonds is 3. The molecule has 0 heterocycles. The largest absolute Gasteiger partial charge is 0.497 e. The van der Waals surface area contributed by atoms with Crippen LogP contribution in [0.25, 0.3) is 0 Å². The van der Waals surface area contributed by atoms with Crippen molar-refractivity contribution in [2.75, 3.05) is 17.7 Å². The van der Waals surface area contributed by atoms with Crippen LogP contribution in [-0.2, 0) is 0 Å². The van der Waals surface area contributed by atoms with Gasteiger partial charge in [-0.2, -0.15) is 0 Å². The number of aryl methyl sites for hydroxylation is 1. The lowest BCUT2D eigenvalue weighted by Crippen LogP contribution is -2.20. The van der Waals surface area contributed by atoms with Gasteiger partial charge in [-0.05, 0) is 48.9 Å². The van der Waals surface area contributed by atoms with E-state index in [9.17, 15) is 9.18 Å². The summed E-state index contributed by atoms with van der Waals surface area (Å²) >= 11 is 5.89. The maximum Gasteiger partial charge on any atom is 0.323 e. The van der Waals surface area contributed by atoms with Gasteiger partial charge in [-0.25, -0.2) is 9.18 Å². The van der Waals surface area contributed by atoms with Crippen molar-refractivity contribution in [3.8, 4) is 5.75 Å². The average molecular weight is 309 g/mol. The molecule has 21 heavy (non-hydrogen) atoms. The topological polar surface area (TPSA) is 50.4 Å². The van der Waals surface area contributed by atoms with Gasteiger partial charge in [-0.3, -0.25) is 0 Å². The minimum absolute atomic E-state index is 0.209. The number of amides is 2. The second kappa shape index (κ2) is 6.45. The van der Waals surface area contributed by atoms with Gasteiger partial charge in [0.05, 0.1) is 17.8 Å². The molecule has 0 spiro atoms. The quantitative estimate of drug-likeness (QED) is 0.880.